The zero-order valence-corrected chi connectivity index (χ0v) is 18.1. The van der Waals surface area contributed by atoms with Crippen LogP contribution in [0.1, 0.15) is 25.3 Å². The van der Waals surface area contributed by atoms with Crippen LogP contribution in [0.15, 0.2) is 64.5 Å². The van der Waals surface area contributed by atoms with Gasteiger partial charge in [-0.3, -0.25) is 4.79 Å². The van der Waals surface area contributed by atoms with Gasteiger partial charge < -0.3 is 14.5 Å². The maximum absolute atomic E-state index is 12.5. The van der Waals surface area contributed by atoms with Gasteiger partial charge in [-0.25, -0.2) is 0 Å². The summed E-state index contributed by atoms with van der Waals surface area (Å²) in [6, 6.07) is 18.3. The number of piperazine rings is 1. The third-order valence-corrected chi connectivity index (χ3v) is 6.29. The number of hydrogen-bond acceptors (Lipinski definition) is 5. The van der Waals surface area contributed by atoms with Gasteiger partial charge in [0.2, 0.25) is 0 Å². The summed E-state index contributed by atoms with van der Waals surface area (Å²) in [4.78, 5) is 22.1. The van der Waals surface area contributed by atoms with E-state index in [0.29, 0.717) is 11.5 Å². The Balaban J connectivity index is 1.39. The van der Waals surface area contributed by atoms with Crippen LogP contribution in [0.3, 0.4) is 0 Å². The van der Waals surface area contributed by atoms with Crippen LogP contribution in [-0.2, 0) is 4.79 Å². The van der Waals surface area contributed by atoms with Gasteiger partial charge in [0.05, 0.1) is 11.5 Å². The van der Waals surface area contributed by atoms with Crippen LogP contribution in [0.2, 0.25) is 0 Å². The molecule has 2 heterocycles. The molecule has 0 bridgehead atoms. The predicted octanol–water partition coefficient (Wildman–Crippen LogP) is 4.66. The summed E-state index contributed by atoms with van der Waals surface area (Å²) in [7, 11) is 0. The Morgan fingerprint density at radius 2 is 1.70 bits per heavy atom. The van der Waals surface area contributed by atoms with Gasteiger partial charge in [-0.2, -0.15) is 4.99 Å². The minimum Gasteiger partial charge on any atom is -0.493 e. The molecule has 1 fully saturated rings. The van der Waals surface area contributed by atoms with Crippen molar-refractivity contribution in [1.29, 1.82) is 0 Å². The maximum Gasteiger partial charge on any atom is 0.286 e. The van der Waals surface area contributed by atoms with E-state index in [9.17, 15) is 4.79 Å². The topological polar surface area (TPSA) is 45.1 Å². The summed E-state index contributed by atoms with van der Waals surface area (Å²) in [6.45, 7) is 6.39. The highest BCUT2D eigenvalue weighted by Gasteiger charge is 2.28. The van der Waals surface area contributed by atoms with Gasteiger partial charge in [0.15, 0.2) is 5.17 Å². The molecule has 0 aromatic heterocycles. The fourth-order valence-electron chi connectivity index (χ4n) is 3.53. The average Bonchev–Trinajstić information content (AvgIpc) is 3.16. The number of amides is 1. The number of carbonyl (C=O) groups is 1. The molecule has 5 nitrogen and oxygen atoms in total. The number of amidine groups is 1. The van der Waals surface area contributed by atoms with Crippen LogP contribution in [0.25, 0.3) is 6.08 Å². The van der Waals surface area contributed by atoms with Gasteiger partial charge in [0.1, 0.15) is 5.75 Å². The highest BCUT2D eigenvalue weighted by molar-refractivity contribution is 8.18. The molecule has 2 aromatic carbocycles. The lowest BCUT2D eigenvalue weighted by Gasteiger charge is -2.36. The number of nitrogens with zero attached hydrogens (tertiary/aromatic N) is 3. The van der Waals surface area contributed by atoms with Crippen LogP contribution < -0.4 is 9.64 Å². The zero-order chi connectivity index (χ0) is 20.8. The minimum atomic E-state index is -0.163. The molecule has 0 N–H and O–H groups in total. The van der Waals surface area contributed by atoms with E-state index in [0.717, 1.165) is 55.5 Å². The fourth-order valence-corrected chi connectivity index (χ4v) is 4.48. The maximum atomic E-state index is 12.5. The van der Waals surface area contributed by atoms with E-state index in [1.807, 2.05) is 36.4 Å². The molecule has 6 heteroatoms. The van der Waals surface area contributed by atoms with Crippen molar-refractivity contribution < 1.29 is 9.53 Å². The first-order chi connectivity index (χ1) is 14.7. The molecule has 0 atom stereocenters. The van der Waals surface area contributed by atoms with Crippen LogP contribution in [-0.4, -0.2) is 48.8 Å². The first-order valence-corrected chi connectivity index (χ1v) is 11.4. The normalized spacial score (nSPS) is 18.1. The van der Waals surface area contributed by atoms with Crippen molar-refractivity contribution in [3.8, 4) is 5.75 Å². The first-order valence-electron chi connectivity index (χ1n) is 10.5. The molecular weight excluding hydrogens is 394 g/mol. The van der Waals surface area contributed by atoms with E-state index in [-0.39, 0.29) is 5.91 Å². The second-order valence-electron chi connectivity index (χ2n) is 7.36. The third kappa shape index (κ3) is 4.87. The highest BCUT2D eigenvalue weighted by atomic mass is 32.2. The summed E-state index contributed by atoms with van der Waals surface area (Å²) in [5, 5.41) is 0.809. The number of unbranched alkanes of at least 4 members (excludes halogenated alkanes) is 1. The number of aliphatic imine (C=N–C) groups is 1. The summed E-state index contributed by atoms with van der Waals surface area (Å²) in [5.74, 6) is 0.653. The lowest BCUT2D eigenvalue weighted by molar-refractivity contribution is -0.113. The SMILES string of the molecule is CCCCOc1ccccc1/C=C1/SC(N2CCN(c3ccccc3)CC2)=NC1=O. The Labute approximate surface area is 182 Å². The largest absolute Gasteiger partial charge is 0.493 e. The molecule has 0 aliphatic carbocycles. The molecular formula is C24H27N3O2S. The Hall–Kier alpha value is -2.73. The average molecular weight is 422 g/mol. The zero-order valence-electron chi connectivity index (χ0n) is 17.3. The Morgan fingerprint density at radius 1 is 1.00 bits per heavy atom. The number of anilines is 1. The molecule has 1 saturated heterocycles. The van der Waals surface area contributed by atoms with Crippen molar-refractivity contribution in [2.45, 2.75) is 19.8 Å². The molecule has 4 rings (SSSR count). The lowest BCUT2D eigenvalue weighted by atomic mass is 10.2. The summed E-state index contributed by atoms with van der Waals surface area (Å²) >= 11 is 1.47. The summed E-state index contributed by atoms with van der Waals surface area (Å²) in [5.41, 5.74) is 2.17. The van der Waals surface area contributed by atoms with E-state index < -0.39 is 0 Å². The molecule has 0 radical (unpaired) electrons. The molecule has 2 aliphatic rings. The Bertz CT molecular complexity index is 934. The minimum absolute atomic E-state index is 0.163. The van der Waals surface area contributed by atoms with Gasteiger partial charge in [0.25, 0.3) is 5.91 Å². The highest BCUT2D eigenvalue weighted by Crippen LogP contribution is 2.33. The lowest BCUT2D eigenvalue weighted by Crippen LogP contribution is -2.47. The second kappa shape index (κ2) is 9.85. The molecule has 0 saturated carbocycles. The van der Waals surface area contributed by atoms with E-state index in [1.165, 1.54) is 17.4 Å². The van der Waals surface area contributed by atoms with Crippen LogP contribution in [0, 0.1) is 0 Å². The number of para-hydroxylation sites is 2. The van der Waals surface area contributed by atoms with Crippen molar-refractivity contribution >= 4 is 34.6 Å². The van der Waals surface area contributed by atoms with Crippen molar-refractivity contribution in [3.05, 3.63) is 65.1 Å². The quantitative estimate of drug-likeness (QED) is 0.501. The van der Waals surface area contributed by atoms with Crippen molar-refractivity contribution in [2.24, 2.45) is 4.99 Å². The first kappa shape index (κ1) is 20.5. The summed E-state index contributed by atoms with van der Waals surface area (Å²) in [6.07, 6.45) is 4.01. The molecule has 30 heavy (non-hydrogen) atoms. The van der Waals surface area contributed by atoms with Gasteiger partial charge in [-0.1, -0.05) is 49.7 Å². The number of benzene rings is 2. The van der Waals surface area contributed by atoms with Crippen LogP contribution in [0.5, 0.6) is 5.75 Å². The standard InChI is InChI=1S/C24H27N3O2S/c1-2-3-17-29-21-12-8-7-9-19(21)18-22-23(28)25-24(30-22)27-15-13-26(14-16-27)20-10-5-4-6-11-20/h4-12,18H,2-3,13-17H2,1H3/b22-18+. The number of rotatable bonds is 6. The van der Waals surface area contributed by atoms with Crippen LogP contribution >= 0.6 is 11.8 Å². The van der Waals surface area contributed by atoms with Crippen molar-refractivity contribution in [1.82, 2.24) is 4.90 Å². The molecule has 0 unspecified atom stereocenters. The number of ether oxygens (including phenoxy) is 1. The van der Waals surface area contributed by atoms with E-state index >= 15 is 0 Å². The Morgan fingerprint density at radius 3 is 2.47 bits per heavy atom. The van der Waals surface area contributed by atoms with Crippen molar-refractivity contribution in [2.75, 3.05) is 37.7 Å². The van der Waals surface area contributed by atoms with Gasteiger partial charge >= 0.3 is 0 Å². The fraction of sp³-hybridized carbons (Fsp3) is 0.333. The van der Waals surface area contributed by atoms with Gasteiger partial charge in [-0.15, -0.1) is 0 Å². The Kier molecular flexibility index (Phi) is 6.74. The molecule has 2 aliphatic heterocycles. The monoisotopic (exact) mass is 421 g/mol. The number of thioether (sulfide) groups is 1. The van der Waals surface area contributed by atoms with Crippen molar-refractivity contribution in [3.63, 3.8) is 0 Å². The predicted molar refractivity (Wildman–Crippen MR) is 125 cm³/mol. The van der Waals surface area contributed by atoms with Gasteiger partial charge in [0, 0.05) is 37.4 Å². The molecule has 1 amide bonds. The van der Waals surface area contributed by atoms with Crippen LogP contribution in [0.4, 0.5) is 5.69 Å². The van der Waals surface area contributed by atoms with E-state index in [1.54, 1.807) is 0 Å². The number of carbonyl (C=O) groups excluding carboxylic acids is 1. The molecule has 2 aromatic rings. The van der Waals surface area contributed by atoms with E-state index in [2.05, 4.69) is 46.0 Å². The molecule has 156 valence electrons. The smallest absolute Gasteiger partial charge is 0.286 e. The second-order valence-corrected chi connectivity index (χ2v) is 8.37. The van der Waals surface area contributed by atoms with Gasteiger partial charge in [-0.05, 0) is 42.5 Å². The summed E-state index contributed by atoms with van der Waals surface area (Å²) < 4.78 is 5.90. The number of hydrogen-bond donors (Lipinski definition) is 0. The molecule has 0 spiro atoms. The van der Waals surface area contributed by atoms with E-state index in [4.69, 9.17) is 4.74 Å². The third-order valence-electron chi connectivity index (χ3n) is 5.24.